The molecule has 7 nitrogen and oxygen atoms in total. The monoisotopic (exact) mass is 567 g/mol. The topological polar surface area (TPSA) is 92.0 Å². The maximum atomic E-state index is 13.2. The van der Waals surface area contributed by atoms with Crippen LogP contribution < -0.4 is 9.73 Å². The zero-order valence-electron chi connectivity index (χ0n) is 17.6. The Morgan fingerprint density at radius 2 is 1.80 bits per heavy atom. The average Bonchev–Trinajstić information content (AvgIpc) is 3.19. The highest BCUT2D eigenvalue weighted by Crippen LogP contribution is 2.37. The number of rotatable bonds is 7. The SMILES string of the molecule is CS(=O)(=O)N(CC(=O)N/N=C\c1ccc(-c2ccc(Cl)cc2Cl)o1)c1ccc(Cl)c(C(F)(F)F)c1. The van der Waals surface area contributed by atoms with Crippen molar-refractivity contribution in [2.75, 3.05) is 17.1 Å². The van der Waals surface area contributed by atoms with Gasteiger partial charge in [-0.05, 0) is 48.5 Å². The number of benzene rings is 2. The number of alkyl halides is 3. The quantitative estimate of drug-likeness (QED) is 0.286. The van der Waals surface area contributed by atoms with E-state index in [-0.39, 0.29) is 11.4 Å². The zero-order chi connectivity index (χ0) is 26.0. The highest BCUT2D eigenvalue weighted by atomic mass is 35.5. The molecule has 186 valence electrons. The molecule has 0 saturated carbocycles. The van der Waals surface area contributed by atoms with Crippen molar-refractivity contribution in [2.45, 2.75) is 6.18 Å². The van der Waals surface area contributed by atoms with Crippen molar-refractivity contribution in [1.82, 2.24) is 5.43 Å². The Hall–Kier alpha value is -2.73. The standard InChI is InChI=1S/C21H15Cl3F3N3O4S/c1-35(32,33)30(13-3-6-17(23)16(9-13)21(25,26)27)11-20(31)29-28-10-14-4-7-19(34-14)15-5-2-12(22)8-18(15)24/h2-10H,11H2,1H3,(H,29,31)/b28-10-. The molecular formula is C21H15Cl3F3N3O4S. The molecule has 0 aliphatic carbocycles. The van der Waals surface area contributed by atoms with Gasteiger partial charge in [-0.2, -0.15) is 18.3 Å². The number of hydrazone groups is 1. The number of amides is 1. The molecule has 0 aliphatic rings. The van der Waals surface area contributed by atoms with Crippen LogP contribution in [0.3, 0.4) is 0 Å². The number of carbonyl (C=O) groups is 1. The van der Waals surface area contributed by atoms with Crippen molar-refractivity contribution in [2.24, 2.45) is 5.10 Å². The van der Waals surface area contributed by atoms with Gasteiger partial charge in [-0.1, -0.05) is 34.8 Å². The predicted octanol–water partition coefficient (Wildman–Crippen LogP) is 5.84. The number of halogens is 6. The lowest BCUT2D eigenvalue weighted by molar-refractivity contribution is -0.137. The Labute approximate surface area is 213 Å². The fourth-order valence-corrected chi connectivity index (χ4v) is 4.45. The number of sulfonamides is 1. The summed E-state index contributed by atoms with van der Waals surface area (Å²) in [4.78, 5) is 12.3. The van der Waals surface area contributed by atoms with Crippen LogP contribution in [0.1, 0.15) is 11.3 Å². The van der Waals surface area contributed by atoms with E-state index in [1.54, 1.807) is 30.3 Å². The summed E-state index contributed by atoms with van der Waals surface area (Å²) < 4.78 is 69.9. The lowest BCUT2D eigenvalue weighted by Crippen LogP contribution is -2.39. The normalized spacial score (nSPS) is 12.2. The first-order chi connectivity index (χ1) is 16.3. The predicted molar refractivity (Wildman–Crippen MR) is 129 cm³/mol. The van der Waals surface area contributed by atoms with Gasteiger partial charge in [-0.25, -0.2) is 13.8 Å². The van der Waals surface area contributed by atoms with Gasteiger partial charge < -0.3 is 4.42 Å². The number of hydrogen-bond acceptors (Lipinski definition) is 5. The van der Waals surface area contributed by atoms with Crippen molar-refractivity contribution in [1.29, 1.82) is 0 Å². The largest absolute Gasteiger partial charge is 0.455 e. The second-order valence-corrected chi connectivity index (χ2v) is 10.2. The molecule has 0 fully saturated rings. The summed E-state index contributed by atoms with van der Waals surface area (Å²) in [5.74, 6) is -0.271. The lowest BCUT2D eigenvalue weighted by Gasteiger charge is -2.22. The van der Waals surface area contributed by atoms with Crippen molar-refractivity contribution < 1.29 is 30.8 Å². The molecule has 3 aromatic rings. The first-order valence-electron chi connectivity index (χ1n) is 9.47. The van der Waals surface area contributed by atoms with Crippen LogP contribution in [0, 0.1) is 0 Å². The van der Waals surface area contributed by atoms with E-state index in [2.05, 4.69) is 10.5 Å². The summed E-state index contributed by atoms with van der Waals surface area (Å²) in [7, 11) is -4.13. The van der Waals surface area contributed by atoms with Crippen molar-refractivity contribution >= 4 is 62.6 Å². The minimum Gasteiger partial charge on any atom is -0.455 e. The molecule has 0 radical (unpaired) electrons. The van der Waals surface area contributed by atoms with Gasteiger partial charge in [0, 0.05) is 10.6 Å². The second kappa shape index (κ2) is 10.5. The number of anilines is 1. The summed E-state index contributed by atoms with van der Waals surface area (Å²) in [5.41, 5.74) is 1.05. The molecule has 35 heavy (non-hydrogen) atoms. The molecule has 1 N–H and O–H groups in total. The van der Waals surface area contributed by atoms with E-state index >= 15 is 0 Å². The van der Waals surface area contributed by atoms with E-state index in [1.807, 2.05) is 0 Å². The molecule has 0 bridgehead atoms. The Bertz CT molecular complexity index is 1390. The highest BCUT2D eigenvalue weighted by Gasteiger charge is 2.34. The van der Waals surface area contributed by atoms with Crippen LogP contribution in [-0.2, 0) is 21.0 Å². The fourth-order valence-electron chi connectivity index (χ4n) is 2.88. The molecule has 0 aliphatic heterocycles. The third-order valence-electron chi connectivity index (χ3n) is 4.44. The fraction of sp³-hybridized carbons (Fsp3) is 0.143. The van der Waals surface area contributed by atoms with Gasteiger partial charge in [0.1, 0.15) is 18.1 Å². The molecule has 1 amide bonds. The number of nitrogens with zero attached hydrogens (tertiary/aromatic N) is 2. The Morgan fingerprint density at radius 1 is 1.09 bits per heavy atom. The van der Waals surface area contributed by atoms with E-state index in [0.717, 1.165) is 24.6 Å². The van der Waals surface area contributed by atoms with Crippen LogP contribution in [0.2, 0.25) is 15.1 Å². The lowest BCUT2D eigenvalue weighted by atomic mass is 10.2. The average molecular weight is 569 g/mol. The minimum atomic E-state index is -4.82. The molecule has 2 aromatic carbocycles. The van der Waals surface area contributed by atoms with Crippen LogP contribution in [0.4, 0.5) is 18.9 Å². The van der Waals surface area contributed by atoms with Gasteiger partial charge in [0.2, 0.25) is 10.0 Å². The number of carbonyl (C=O) groups excluding carboxylic acids is 1. The van der Waals surface area contributed by atoms with Gasteiger partial charge in [-0.3, -0.25) is 9.10 Å². The van der Waals surface area contributed by atoms with E-state index in [9.17, 15) is 26.4 Å². The second-order valence-electron chi connectivity index (χ2n) is 7.05. The summed E-state index contributed by atoms with van der Waals surface area (Å²) in [6.07, 6.45) is -2.92. The Kier molecular flexibility index (Phi) is 8.05. The highest BCUT2D eigenvalue weighted by molar-refractivity contribution is 7.92. The number of furan rings is 1. The first kappa shape index (κ1) is 26.9. The molecule has 3 rings (SSSR count). The van der Waals surface area contributed by atoms with Crippen LogP contribution in [-0.4, -0.2) is 33.3 Å². The number of hydrogen-bond donors (Lipinski definition) is 1. The summed E-state index contributed by atoms with van der Waals surface area (Å²) in [6.45, 7) is -0.834. The molecule has 0 spiro atoms. The summed E-state index contributed by atoms with van der Waals surface area (Å²) in [5, 5.41) is 3.89. The van der Waals surface area contributed by atoms with Crippen molar-refractivity contribution in [3.63, 3.8) is 0 Å². The van der Waals surface area contributed by atoms with Gasteiger partial charge in [0.05, 0.1) is 33.8 Å². The van der Waals surface area contributed by atoms with E-state index < -0.39 is 39.2 Å². The summed E-state index contributed by atoms with van der Waals surface area (Å²) in [6, 6.07) is 10.5. The van der Waals surface area contributed by atoms with E-state index in [1.165, 1.54) is 0 Å². The van der Waals surface area contributed by atoms with Crippen molar-refractivity contribution in [3.05, 3.63) is 74.9 Å². The van der Waals surface area contributed by atoms with E-state index in [4.69, 9.17) is 39.2 Å². The van der Waals surface area contributed by atoms with Crippen LogP contribution in [0.5, 0.6) is 0 Å². The Morgan fingerprint density at radius 3 is 2.43 bits per heavy atom. The third-order valence-corrected chi connectivity index (χ3v) is 6.45. The molecular weight excluding hydrogens is 554 g/mol. The maximum Gasteiger partial charge on any atom is 0.417 e. The van der Waals surface area contributed by atoms with E-state index in [0.29, 0.717) is 31.7 Å². The van der Waals surface area contributed by atoms with Crippen LogP contribution >= 0.6 is 34.8 Å². The summed E-state index contributed by atoms with van der Waals surface area (Å²) >= 11 is 17.6. The van der Waals surface area contributed by atoms with Crippen molar-refractivity contribution in [3.8, 4) is 11.3 Å². The molecule has 0 atom stereocenters. The first-order valence-corrected chi connectivity index (χ1v) is 12.5. The molecule has 1 aromatic heterocycles. The molecule has 0 saturated heterocycles. The van der Waals surface area contributed by atoms with Crippen LogP contribution in [0.25, 0.3) is 11.3 Å². The zero-order valence-corrected chi connectivity index (χ0v) is 20.7. The maximum absolute atomic E-state index is 13.2. The molecule has 0 unspecified atom stereocenters. The van der Waals surface area contributed by atoms with Gasteiger partial charge >= 0.3 is 6.18 Å². The van der Waals surface area contributed by atoms with Crippen LogP contribution in [0.15, 0.2) is 58.0 Å². The van der Waals surface area contributed by atoms with Gasteiger partial charge in [0.15, 0.2) is 0 Å². The smallest absolute Gasteiger partial charge is 0.417 e. The molecule has 14 heteroatoms. The molecule has 1 heterocycles. The Balaban J connectivity index is 1.72. The third kappa shape index (κ3) is 6.91. The van der Waals surface area contributed by atoms with Gasteiger partial charge in [-0.15, -0.1) is 0 Å². The number of nitrogens with one attached hydrogen (secondary N) is 1. The van der Waals surface area contributed by atoms with Gasteiger partial charge in [0.25, 0.3) is 5.91 Å². The minimum absolute atomic E-state index is 0.235.